The molecule has 2 heterocycles. The van der Waals surface area contributed by atoms with Crippen LogP contribution in [0.25, 0.3) is 33.4 Å². The average molecular weight is 573 g/mol. The first kappa shape index (κ1) is 26.9. The molecule has 0 amide bonds. The predicted molar refractivity (Wildman–Crippen MR) is 152 cm³/mol. The summed E-state index contributed by atoms with van der Waals surface area (Å²) in [7, 11) is 1.49. The van der Waals surface area contributed by atoms with Crippen molar-refractivity contribution < 1.29 is 27.7 Å². The maximum absolute atomic E-state index is 13.6. The molecule has 3 aromatic carbocycles. The molecule has 0 unspecified atom stereocenters. The number of carbonyl (C=O) groups is 2. The molecule has 1 saturated carbocycles. The molecule has 5 aromatic rings. The minimum absolute atomic E-state index is 0.108. The summed E-state index contributed by atoms with van der Waals surface area (Å²) in [4.78, 5) is 31.1. The number of hydrogen-bond donors (Lipinski definition) is 0. The molecule has 0 spiro atoms. The lowest BCUT2D eigenvalue weighted by atomic mass is 9.92. The maximum atomic E-state index is 13.6. The highest BCUT2D eigenvalue weighted by molar-refractivity contribution is 6.34. The molecule has 41 heavy (non-hydrogen) atoms. The largest absolute Gasteiger partial charge is 0.496 e. The number of halogens is 2. The molecule has 0 bridgehead atoms. The number of hydrogen-bond acceptors (Lipinski definition) is 7. The fraction of sp³-hybridized carbons (Fsp3) is 0.250. The van der Waals surface area contributed by atoms with E-state index in [1.165, 1.54) is 19.2 Å². The molecule has 0 atom stereocenters. The van der Waals surface area contributed by atoms with E-state index in [4.69, 9.17) is 25.3 Å². The van der Waals surface area contributed by atoms with E-state index in [2.05, 4.69) is 10.1 Å². The van der Waals surface area contributed by atoms with Crippen molar-refractivity contribution in [1.82, 2.24) is 10.1 Å². The zero-order chi connectivity index (χ0) is 28.9. The van der Waals surface area contributed by atoms with Gasteiger partial charge in [-0.25, -0.2) is 4.39 Å². The number of aromatic nitrogens is 2. The van der Waals surface area contributed by atoms with Gasteiger partial charge in [0.15, 0.2) is 17.4 Å². The number of nitrogens with zero attached hydrogens (tertiary/aromatic N) is 2. The highest BCUT2D eigenvalue weighted by atomic mass is 35.5. The Hall–Kier alpha value is -4.30. The molecule has 2 aromatic heterocycles. The molecule has 0 aliphatic heterocycles. The number of ether oxygens (including phenoxy) is 1. The summed E-state index contributed by atoms with van der Waals surface area (Å²) in [6.45, 7) is 3.53. The lowest BCUT2D eigenvalue weighted by Crippen LogP contribution is -2.15. The van der Waals surface area contributed by atoms with Crippen LogP contribution in [0.2, 0.25) is 5.02 Å². The quantitative estimate of drug-likeness (QED) is 0.164. The summed E-state index contributed by atoms with van der Waals surface area (Å²) in [5, 5.41) is 4.88. The Morgan fingerprint density at radius 3 is 2.41 bits per heavy atom. The first-order valence-corrected chi connectivity index (χ1v) is 13.7. The van der Waals surface area contributed by atoms with Gasteiger partial charge in [-0.2, -0.15) is 4.98 Å². The van der Waals surface area contributed by atoms with Gasteiger partial charge in [0.1, 0.15) is 22.9 Å². The van der Waals surface area contributed by atoms with E-state index >= 15 is 0 Å². The summed E-state index contributed by atoms with van der Waals surface area (Å²) in [6.07, 6.45) is 2.02. The van der Waals surface area contributed by atoms with Crippen molar-refractivity contribution >= 4 is 34.1 Å². The second-order valence-corrected chi connectivity index (χ2v) is 10.8. The number of benzene rings is 3. The van der Waals surface area contributed by atoms with Crippen LogP contribution in [0.15, 0.2) is 63.5 Å². The lowest BCUT2D eigenvalue weighted by molar-refractivity contribution is 0.0958. The summed E-state index contributed by atoms with van der Waals surface area (Å²) in [6, 6.07) is 14.6. The van der Waals surface area contributed by atoms with E-state index < -0.39 is 5.41 Å². The van der Waals surface area contributed by atoms with Gasteiger partial charge in [-0.15, -0.1) is 0 Å². The van der Waals surface area contributed by atoms with Crippen molar-refractivity contribution in [2.24, 2.45) is 0 Å². The number of fused-ring (bicyclic) bond motifs is 1. The second kappa shape index (κ2) is 10.3. The standard InChI is InChI=1S/C32H26ClFN2O5/c1-4-25(37)29-23-13-19(7-10-27(23)40-30(29)18-5-8-20(34)9-6-18)21-14-22(28(39-3)15-24(21)33)26(38)16-32(11-12-32)31-35-17(2)36-41-31/h5-10,13-15H,4,11-12,16H2,1-3H3. The van der Waals surface area contributed by atoms with Crippen LogP contribution in [0.3, 0.4) is 0 Å². The van der Waals surface area contributed by atoms with Crippen LogP contribution >= 0.6 is 11.6 Å². The van der Waals surface area contributed by atoms with Crippen molar-refractivity contribution in [3.8, 4) is 28.2 Å². The Labute approximate surface area is 240 Å². The van der Waals surface area contributed by atoms with Crippen LogP contribution in [0, 0.1) is 12.7 Å². The molecule has 1 fully saturated rings. The van der Waals surface area contributed by atoms with Gasteiger partial charge in [0, 0.05) is 35.4 Å². The van der Waals surface area contributed by atoms with Crippen molar-refractivity contribution in [3.05, 3.63) is 88.3 Å². The van der Waals surface area contributed by atoms with Gasteiger partial charge in [-0.3, -0.25) is 9.59 Å². The number of carbonyl (C=O) groups excluding carboxylic acids is 2. The lowest BCUT2D eigenvalue weighted by Gasteiger charge is -2.15. The smallest absolute Gasteiger partial charge is 0.233 e. The molecule has 0 N–H and O–H groups in total. The van der Waals surface area contributed by atoms with Gasteiger partial charge in [0.2, 0.25) is 5.89 Å². The Kier molecular flexibility index (Phi) is 6.74. The molecular weight excluding hydrogens is 547 g/mol. The van der Waals surface area contributed by atoms with Crippen molar-refractivity contribution in [1.29, 1.82) is 0 Å². The van der Waals surface area contributed by atoms with Crippen LogP contribution in [-0.2, 0) is 5.41 Å². The number of Topliss-reactive ketones (excluding diaryl/α,β-unsaturated/α-hetero) is 2. The summed E-state index contributed by atoms with van der Waals surface area (Å²) >= 11 is 6.71. The van der Waals surface area contributed by atoms with E-state index in [1.54, 1.807) is 44.2 Å². The fourth-order valence-electron chi connectivity index (χ4n) is 5.22. The third-order valence-corrected chi connectivity index (χ3v) is 7.94. The molecule has 0 saturated heterocycles. The zero-order valence-corrected chi connectivity index (χ0v) is 23.5. The third-order valence-electron chi connectivity index (χ3n) is 7.63. The summed E-state index contributed by atoms with van der Waals surface area (Å²) < 4.78 is 30.6. The van der Waals surface area contributed by atoms with Crippen molar-refractivity contribution in [2.75, 3.05) is 7.11 Å². The van der Waals surface area contributed by atoms with Gasteiger partial charge in [-0.1, -0.05) is 29.7 Å². The van der Waals surface area contributed by atoms with Gasteiger partial charge in [0.25, 0.3) is 0 Å². The number of furan rings is 1. The van der Waals surface area contributed by atoms with E-state index in [0.717, 1.165) is 12.8 Å². The number of aryl methyl sites for hydroxylation is 1. The van der Waals surface area contributed by atoms with Gasteiger partial charge in [0.05, 0.1) is 28.7 Å². The molecule has 1 aliphatic rings. The van der Waals surface area contributed by atoms with Crippen LogP contribution in [0.5, 0.6) is 5.75 Å². The van der Waals surface area contributed by atoms with Gasteiger partial charge >= 0.3 is 0 Å². The van der Waals surface area contributed by atoms with Gasteiger partial charge in [-0.05, 0) is 67.8 Å². The van der Waals surface area contributed by atoms with Crippen LogP contribution in [-0.4, -0.2) is 28.8 Å². The van der Waals surface area contributed by atoms with Crippen LogP contribution < -0.4 is 4.74 Å². The number of rotatable bonds is 9. The molecule has 208 valence electrons. The van der Waals surface area contributed by atoms with Crippen molar-refractivity contribution in [3.63, 3.8) is 0 Å². The first-order valence-electron chi connectivity index (χ1n) is 13.3. The summed E-state index contributed by atoms with van der Waals surface area (Å²) in [5.74, 6) is 1.14. The molecule has 7 nitrogen and oxygen atoms in total. The van der Waals surface area contributed by atoms with Gasteiger partial charge < -0.3 is 13.7 Å². The monoisotopic (exact) mass is 572 g/mol. The minimum atomic E-state index is -0.467. The first-order chi connectivity index (χ1) is 19.7. The second-order valence-electron chi connectivity index (χ2n) is 10.4. The van der Waals surface area contributed by atoms with E-state index in [1.807, 2.05) is 12.1 Å². The van der Waals surface area contributed by atoms with Crippen LogP contribution in [0.4, 0.5) is 4.39 Å². The van der Waals surface area contributed by atoms with Crippen molar-refractivity contribution in [2.45, 2.75) is 44.9 Å². The molecule has 0 radical (unpaired) electrons. The fourth-order valence-corrected chi connectivity index (χ4v) is 5.48. The SMILES string of the molecule is CCC(=O)c1c(-c2ccc(F)cc2)oc2ccc(-c3cc(C(=O)CC4(c5nc(C)no5)CC4)c(OC)cc3Cl)cc12. The van der Waals surface area contributed by atoms with E-state index in [0.29, 0.717) is 67.0 Å². The predicted octanol–water partition coefficient (Wildman–Crippen LogP) is 8.16. The Bertz CT molecular complexity index is 1820. The minimum Gasteiger partial charge on any atom is -0.496 e. The number of ketones is 2. The highest BCUT2D eigenvalue weighted by Gasteiger charge is 2.51. The molecular formula is C32H26ClFN2O5. The molecule has 1 aliphatic carbocycles. The Morgan fingerprint density at radius 1 is 1.05 bits per heavy atom. The van der Waals surface area contributed by atoms with E-state index in [9.17, 15) is 14.0 Å². The molecule has 9 heteroatoms. The highest BCUT2D eigenvalue weighted by Crippen LogP contribution is 2.51. The molecule has 6 rings (SSSR count). The Balaban J connectivity index is 1.43. The number of methoxy groups -OCH3 is 1. The normalized spacial score (nSPS) is 13.9. The maximum Gasteiger partial charge on any atom is 0.233 e. The summed E-state index contributed by atoms with van der Waals surface area (Å²) in [5.41, 5.74) is 2.75. The topological polar surface area (TPSA) is 95.4 Å². The van der Waals surface area contributed by atoms with E-state index in [-0.39, 0.29) is 30.2 Å². The zero-order valence-electron chi connectivity index (χ0n) is 22.7. The van der Waals surface area contributed by atoms with Crippen LogP contribution in [0.1, 0.15) is 65.0 Å². The Morgan fingerprint density at radius 2 is 1.78 bits per heavy atom. The third kappa shape index (κ3) is 4.82. The average Bonchev–Trinajstić information content (AvgIpc) is 3.44.